The van der Waals surface area contributed by atoms with Crippen LogP contribution in [0.2, 0.25) is 0 Å². The van der Waals surface area contributed by atoms with Gasteiger partial charge in [0.25, 0.3) is 5.69 Å². The van der Waals surface area contributed by atoms with Crippen LogP contribution in [-0.2, 0) is 19.6 Å². The summed E-state index contributed by atoms with van der Waals surface area (Å²) in [6.45, 7) is 10.3. The highest BCUT2D eigenvalue weighted by Gasteiger charge is 2.16. The molecule has 3 aromatic rings. The maximum Gasteiger partial charge on any atom is 0.269 e. The van der Waals surface area contributed by atoms with Crippen molar-refractivity contribution in [2.75, 3.05) is 6.54 Å². The van der Waals surface area contributed by atoms with Crippen LogP contribution in [0.25, 0.3) is 0 Å². The average molecular weight is 393 g/mol. The summed E-state index contributed by atoms with van der Waals surface area (Å²) in [7, 11) is 0. The van der Waals surface area contributed by atoms with Gasteiger partial charge in [-0.1, -0.05) is 43.7 Å². The number of hydrogen-bond acceptors (Lipinski definition) is 2. The number of nitro groups is 1. The maximum absolute atomic E-state index is 10.9. The highest BCUT2D eigenvalue weighted by Crippen LogP contribution is 2.12. The number of nitro benzene ring substituents is 1. The lowest BCUT2D eigenvalue weighted by Gasteiger charge is -2.22. The van der Waals surface area contributed by atoms with Gasteiger partial charge in [-0.15, -0.1) is 0 Å². The van der Waals surface area contributed by atoms with Gasteiger partial charge in [-0.2, -0.15) is 0 Å². The van der Waals surface area contributed by atoms with E-state index in [9.17, 15) is 10.1 Å². The molecule has 0 saturated carbocycles. The van der Waals surface area contributed by atoms with Crippen LogP contribution in [-0.4, -0.2) is 16.0 Å². The highest BCUT2D eigenvalue weighted by atomic mass is 16.6. The fourth-order valence-electron chi connectivity index (χ4n) is 3.84. The summed E-state index contributed by atoms with van der Waals surface area (Å²) in [6, 6.07) is 19.9. The Labute approximate surface area is 172 Å². The minimum absolute atomic E-state index is 0.145. The second-order valence-corrected chi connectivity index (χ2v) is 8.24. The van der Waals surface area contributed by atoms with Crippen molar-refractivity contribution in [1.82, 2.24) is 4.57 Å². The van der Waals surface area contributed by atoms with E-state index < -0.39 is 0 Å². The molecule has 5 nitrogen and oxygen atoms in total. The van der Waals surface area contributed by atoms with Crippen molar-refractivity contribution in [3.8, 4) is 0 Å². The van der Waals surface area contributed by atoms with E-state index in [1.165, 1.54) is 21.7 Å². The van der Waals surface area contributed by atoms with E-state index in [0.717, 1.165) is 31.7 Å². The number of quaternary nitrogens is 1. The van der Waals surface area contributed by atoms with Crippen molar-refractivity contribution >= 4 is 5.69 Å². The molecule has 1 N–H and O–H groups in total. The Bertz CT molecular complexity index is 945. The summed E-state index contributed by atoms with van der Waals surface area (Å²) in [5, 5.41) is 10.9. The quantitative estimate of drug-likeness (QED) is 0.442. The van der Waals surface area contributed by atoms with Crippen molar-refractivity contribution < 1.29 is 9.82 Å². The molecule has 0 spiro atoms. The first-order valence-corrected chi connectivity index (χ1v) is 10.2. The van der Waals surface area contributed by atoms with Gasteiger partial charge in [0, 0.05) is 36.4 Å². The van der Waals surface area contributed by atoms with E-state index in [2.05, 4.69) is 67.9 Å². The Morgan fingerprint density at radius 1 is 1.00 bits per heavy atom. The largest absolute Gasteiger partial charge is 0.342 e. The molecule has 0 fully saturated rings. The van der Waals surface area contributed by atoms with Gasteiger partial charge in [-0.05, 0) is 36.8 Å². The molecule has 0 saturated heterocycles. The van der Waals surface area contributed by atoms with Gasteiger partial charge in [0.1, 0.15) is 13.1 Å². The number of aryl methyl sites for hydroxylation is 1. The summed E-state index contributed by atoms with van der Waals surface area (Å²) in [6.07, 6.45) is 2.15. The number of nitrogens with zero attached hydrogens (tertiary/aromatic N) is 2. The van der Waals surface area contributed by atoms with E-state index in [4.69, 9.17) is 0 Å². The van der Waals surface area contributed by atoms with Crippen LogP contribution in [0.1, 0.15) is 36.2 Å². The SMILES string of the molecule is Cc1cccc(Cn2cccc2C[NH+](Cc2ccc([N+](=O)[O-])cc2)CC(C)C)c1. The molecular weight excluding hydrogens is 362 g/mol. The number of rotatable bonds is 9. The van der Waals surface area contributed by atoms with Gasteiger partial charge in [0.2, 0.25) is 0 Å². The first-order chi connectivity index (χ1) is 13.9. The molecule has 1 atom stereocenters. The summed E-state index contributed by atoms with van der Waals surface area (Å²) >= 11 is 0. The number of nitrogens with one attached hydrogen (secondary N) is 1. The predicted octanol–water partition coefficient (Wildman–Crippen LogP) is 3.99. The lowest BCUT2D eigenvalue weighted by molar-refractivity contribution is -0.930. The van der Waals surface area contributed by atoms with Crippen LogP contribution in [0.5, 0.6) is 0 Å². The molecule has 3 rings (SSSR count). The second-order valence-electron chi connectivity index (χ2n) is 8.24. The van der Waals surface area contributed by atoms with Gasteiger partial charge in [0.05, 0.1) is 17.2 Å². The zero-order chi connectivity index (χ0) is 20.8. The fourth-order valence-corrected chi connectivity index (χ4v) is 3.84. The first-order valence-electron chi connectivity index (χ1n) is 10.2. The Morgan fingerprint density at radius 2 is 1.76 bits per heavy atom. The van der Waals surface area contributed by atoms with Crippen LogP contribution in [0.3, 0.4) is 0 Å². The molecule has 0 bridgehead atoms. The molecule has 5 heteroatoms. The summed E-state index contributed by atoms with van der Waals surface area (Å²) in [5.74, 6) is 0.572. The van der Waals surface area contributed by atoms with Crippen LogP contribution in [0.4, 0.5) is 5.69 Å². The van der Waals surface area contributed by atoms with Crippen LogP contribution in [0.15, 0.2) is 66.9 Å². The third-order valence-corrected chi connectivity index (χ3v) is 5.09. The number of benzene rings is 2. The Balaban J connectivity index is 1.73. The standard InChI is InChI=1S/C24H29N3O2/c1-19(2)15-25(16-21-9-11-23(12-10-21)27(28)29)18-24-8-5-13-26(24)17-22-7-4-6-20(3)14-22/h4-14,19H,15-18H2,1-3H3/p+1. The molecule has 0 amide bonds. The number of non-ortho nitro benzene ring substituents is 1. The third kappa shape index (κ3) is 6.03. The lowest BCUT2D eigenvalue weighted by atomic mass is 10.1. The van der Waals surface area contributed by atoms with Gasteiger partial charge >= 0.3 is 0 Å². The second kappa shape index (κ2) is 9.52. The molecule has 152 valence electrons. The summed E-state index contributed by atoms with van der Waals surface area (Å²) in [4.78, 5) is 12.0. The summed E-state index contributed by atoms with van der Waals surface area (Å²) < 4.78 is 2.32. The van der Waals surface area contributed by atoms with Crippen molar-refractivity contribution in [1.29, 1.82) is 0 Å². The van der Waals surface area contributed by atoms with E-state index in [0.29, 0.717) is 5.92 Å². The van der Waals surface area contributed by atoms with Crippen molar-refractivity contribution in [2.24, 2.45) is 5.92 Å². The first kappa shape index (κ1) is 20.8. The van der Waals surface area contributed by atoms with Gasteiger partial charge in [0.15, 0.2) is 0 Å². The fraction of sp³-hybridized carbons (Fsp3) is 0.333. The van der Waals surface area contributed by atoms with Crippen molar-refractivity contribution in [3.63, 3.8) is 0 Å². The molecular formula is C24H30N3O2+. The van der Waals surface area contributed by atoms with Crippen LogP contribution < -0.4 is 4.90 Å². The van der Waals surface area contributed by atoms with Gasteiger partial charge < -0.3 is 9.47 Å². The Morgan fingerprint density at radius 3 is 2.41 bits per heavy atom. The van der Waals surface area contributed by atoms with Crippen molar-refractivity contribution in [3.05, 3.63) is 99.4 Å². The molecule has 29 heavy (non-hydrogen) atoms. The molecule has 2 aromatic carbocycles. The summed E-state index contributed by atoms with van der Waals surface area (Å²) in [5.41, 5.74) is 5.17. The highest BCUT2D eigenvalue weighted by molar-refractivity contribution is 5.32. The smallest absolute Gasteiger partial charge is 0.269 e. The Kier molecular flexibility index (Phi) is 6.83. The van der Waals surface area contributed by atoms with Crippen LogP contribution >= 0.6 is 0 Å². The minimum Gasteiger partial charge on any atom is -0.342 e. The van der Waals surface area contributed by atoms with E-state index in [-0.39, 0.29) is 10.6 Å². The zero-order valence-corrected chi connectivity index (χ0v) is 17.5. The third-order valence-electron chi connectivity index (χ3n) is 5.09. The van der Waals surface area contributed by atoms with Crippen LogP contribution in [0, 0.1) is 23.0 Å². The molecule has 1 aromatic heterocycles. The molecule has 1 unspecified atom stereocenters. The van der Waals surface area contributed by atoms with Gasteiger partial charge in [-0.25, -0.2) is 0 Å². The van der Waals surface area contributed by atoms with Gasteiger partial charge in [-0.3, -0.25) is 10.1 Å². The molecule has 0 radical (unpaired) electrons. The zero-order valence-electron chi connectivity index (χ0n) is 17.5. The van der Waals surface area contributed by atoms with E-state index in [1.807, 2.05) is 12.1 Å². The maximum atomic E-state index is 10.9. The number of hydrogen-bond donors (Lipinski definition) is 1. The monoisotopic (exact) mass is 392 g/mol. The average Bonchev–Trinajstić information content (AvgIpc) is 3.08. The minimum atomic E-state index is -0.347. The lowest BCUT2D eigenvalue weighted by Crippen LogP contribution is -3.10. The molecule has 0 aliphatic heterocycles. The molecule has 0 aliphatic carbocycles. The normalized spacial score (nSPS) is 12.3. The topological polar surface area (TPSA) is 52.5 Å². The van der Waals surface area contributed by atoms with Crippen molar-refractivity contribution in [2.45, 2.75) is 40.4 Å². The number of aromatic nitrogens is 1. The predicted molar refractivity (Wildman–Crippen MR) is 116 cm³/mol. The molecule has 1 heterocycles. The van der Waals surface area contributed by atoms with E-state index >= 15 is 0 Å². The molecule has 0 aliphatic rings. The van der Waals surface area contributed by atoms with E-state index in [1.54, 1.807) is 12.1 Å². The Hall–Kier alpha value is -2.92.